The van der Waals surface area contributed by atoms with E-state index in [1.165, 1.54) is 29.5 Å². The molecule has 0 fully saturated rings. The maximum Gasteiger partial charge on any atom is 0.286 e. The van der Waals surface area contributed by atoms with Crippen molar-refractivity contribution < 1.29 is 14.5 Å². The van der Waals surface area contributed by atoms with Crippen molar-refractivity contribution in [2.75, 3.05) is 13.7 Å². The van der Waals surface area contributed by atoms with E-state index in [4.69, 9.17) is 16.3 Å². The summed E-state index contributed by atoms with van der Waals surface area (Å²) in [6.45, 7) is 2.79. The van der Waals surface area contributed by atoms with Gasteiger partial charge in [-0.1, -0.05) is 35.1 Å². The maximum atomic E-state index is 12.7. The van der Waals surface area contributed by atoms with Crippen molar-refractivity contribution in [3.63, 3.8) is 0 Å². The number of aryl methyl sites for hydroxylation is 1. The number of methoxy groups -OCH3 is 1. The summed E-state index contributed by atoms with van der Waals surface area (Å²) in [5.74, 6) is -0.663. The first kappa shape index (κ1) is 19.2. The van der Waals surface area contributed by atoms with E-state index in [9.17, 15) is 14.9 Å². The van der Waals surface area contributed by atoms with Crippen LogP contribution >= 0.6 is 22.9 Å². The molecule has 0 aliphatic rings. The van der Waals surface area contributed by atoms with Crippen LogP contribution in [0.5, 0.6) is 0 Å². The molecule has 0 saturated carbocycles. The SMILES string of the molecule is COCCn1c(=NC(=O)c2ccccc2[N+](=O)[O-])sc2ccc(Cl)c(C)c21. The molecule has 1 aromatic heterocycles. The van der Waals surface area contributed by atoms with Crippen LogP contribution in [0.25, 0.3) is 10.2 Å². The summed E-state index contributed by atoms with van der Waals surface area (Å²) in [7, 11) is 1.59. The fourth-order valence-electron chi connectivity index (χ4n) is 2.75. The average molecular weight is 406 g/mol. The minimum Gasteiger partial charge on any atom is -0.383 e. The van der Waals surface area contributed by atoms with Gasteiger partial charge in [-0.3, -0.25) is 14.9 Å². The highest BCUT2D eigenvalue weighted by Gasteiger charge is 2.19. The van der Waals surface area contributed by atoms with Gasteiger partial charge in [-0.15, -0.1) is 0 Å². The molecular formula is C18H16ClN3O4S. The maximum absolute atomic E-state index is 12.7. The molecule has 3 aromatic rings. The Labute approximate surface area is 163 Å². The quantitative estimate of drug-likeness (QED) is 0.474. The van der Waals surface area contributed by atoms with Gasteiger partial charge in [0.05, 0.1) is 21.7 Å². The lowest BCUT2D eigenvalue weighted by Crippen LogP contribution is -2.20. The first-order chi connectivity index (χ1) is 12.9. The van der Waals surface area contributed by atoms with Gasteiger partial charge in [0.25, 0.3) is 11.6 Å². The van der Waals surface area contributed by atoms with E-state index in [0.717, 1.165) is 15.8 Å². The number of thiazole rings is 1. The number of nitro benzene ring substituents is 1. The number of nitrogens with zero attached hydrogens (tertiary/aromatic N) is 3. The average Bonchev–Trinajstić information content (AvgIpc) is 3.00. The predicted octanol–water partition coefficient (Wildman–Crippen LogP) is 3.96. The summed E-state index contributed by atoms with van der Waals surface area (Å²) in [4.78, 5) is 27.9. The zero-order chi connectivity index (χ0) is 19.6. The molecule has 0 bridgehead atoms. The van der Waals surface area contributed by atoms with Gasteiger partial charge in [-0.05, 0) is 30.7 Å². The molecule has 9 heteroatoms. The van der Waals surface area contributed by atoms with Crippen molar-refractivity contribution in [2.24, 2.45) is 4.99 Å². The van der Waals surface area contributed by atoms with Crippen LogP contribution in [-0.2, 0) is 11.3 Å². The smallest absolute Gasteiger partial charge is 0.286 e. The van der Waals surface area contributed by atoms with E-state index in [2.05, 4.69) is 4.99 Å². The summed E-state index contributed by atoms with van der Waals surface area (Å²) in [5.41, 5.74) is 1.43. The Balaban J connectivity index is 2.20. The van der Waals surface area contributed by atoms with Crippen LogP contribution in [0.1, 0.15) is 15.9 Å². The molecule has 0 atom stereocenters. The zero-order valence-electron chi connectivity index (χ0n) is 14.6. The van der Waals surface area contributed by atoms with E-state index in [1.807, 2.05) is 17.6 Å². The molecule has 0 spiro atoms. The Morgan fingerprint density at radius 3 is 2.78 bits per heavy atom. The number of halogens is 1. The minimum absolute atomic E-state index is 0.0481. The molecule has 0 unspecified atom stereocenters. The molecule has 1 amide bonds. The third-order valence-electron chi connectivity index (χ3n) is 4.08. The number of amides is 1. The van der Waals surface area contributed by atoms with Gasteiger partial charge in [0.2, 0.25) is 0 Å². The Morgan fingerprint density at radius 1 is 1.33 bits per heavy atom. The molecule has 7 nitrogen and oxygen atoms in total. The summed E-state index contributed by atoms with van der Waals surface area (Å²) < 4.78 is 7.94. The first-order valence-corrected chi connectivity index (χ1v) is 9.23. The molecule has 2 aromatic carbocycles. The number of carbonyl (C=O) groups excluding carboxylic acids is 1. The lowest BCUT2D eigenvalue weighted by Gasteiger charge is -2.07. The van der Waals surface area contributed by atoms with Gasteiger partial charge in [-0.2, -0.15) is 4.99 Å². The second kappa shape index (κ2) is 7.99. The van der Waals surface area contributed by atoms with Gasteiger partial charge in [0, 0.05) is 24.7 Å². The number of hydrogen-bond donors (Lipinski definition) is 0. The number of para-hydroxylation sites is 1. The van der Waals surface area contributed by atoms with Crippen LogP contribution in [0.4, 0.5) is 5.69 Å². The first-order valence-electron chi connectivity index (χ1n) is 8.04. The summed E-state index contributed by atoms with van der Waals surface area (Å²) in [5, 5.41) is 11.8. The third-order valence-corrected chi connectivity index (χ3v) is 5.53. The van der Waals surface area contributed by atoms with Crippen LogP contribution < -0.4 is 4.80 Å². The molecule has 0 aliphatic heterocycles. The van der Waals surface area contributed by atoms with E-state index in [1.54, 1.807) is 19.2 Å². The van der Waals surface area contributed by atoms with Crippen molar-refractivity contribution in [1.29, 1.82) is 0 Å². The zero-order valence-corrected chi connectivity index (χ0v) is 16.2. The molecule has 0 saturated heterocycles. The van der Waals surface area contributed by atoms with Crippen molar-refractivity contribution in [2.45, 2.75) is 13.5 Å². The Hall–Kier alpha value is -2.55. The van der Waals surface area contributed by atoms with Gasteiger partial charge in [-0.25, -0.2) is 0 Å². The monoisotopic (exact) mass is 405 g/mol. The third kappa shape index (κ3) is 3.78. The highest BCUT2D eigenvalue weighted by molar-refractivity contribution is 7.16. The van der Waals surface area contributed by atoms with Crippen LogP contribution in [0, 0.1) is 17.0 Å². The fourth-order valence-corrected chi connectivity index (χ4v) is 4.02. The van der Waals surface area contributed by atoms with Crippen molar-refractivity contribution in [3.8, 4) is 0 Å². The topological polar surface area (TPSA) is 86.7 Å². The van der Waals surface area contributed by atoms with Crippen LogP contribution in [0.15, 0.2) is 41.4 Å². The molecule has 0 aliphatic carbocycles. The number of ether oxygens (including phenoxy) is 1. The highest BCUT2D eigenvalue weighted by Crippen LogP contribution is 2.27. The highest BCUT2D eigenvalue weighted by atomic mass is 35.5. The van der Waals surface area contributed by atoms with Crippen molar-refractivity contribution >= 4 is 44.7 Å². The Morgan fingerprint density at radius 2 is 2.07 bits per heavy atom. The number of aromatic nitrogens is 1. The standard InChI is InChI=1S/C18H16ClN3O4S/c1-11-13(19)7-8-15-16(11)21(9-10-26-2)18(27-15)20-17(23)12-5-3-4-6-14(12)22(24)25/h3-8H,9-10H2,1-2H3. The largest absolute Gasteiger partial charge is 0.383 e. The summed E-state index contributed by atoms with van der Waals surface area (Å²) >= 11 is 7.57. The van der Waals surface area contributed by atoms with Gasteiger partial charge in [0.15, 0.2) is 4.80 Å². The van der Waals surface area contributed by atoms with Crippen LogP contribution in [-0.4, -0.2) is 29.1 Å². The van der Waals surface area contributed by atoms with Gasteiger partial charge < -0.3 is 9.30 Å². The lowest BCUT2D eigenvalue weighted by molar-refractivity contribution is -0.385. The minimum atomic E-state index is -0.663. The van der Waals surface area contributed by atoms with E-state index < -0.39 is 10.8 Å². The number of carbonyl (C=O) groups is 1. The van der Waals surface area contributed by atoms with Crippen molar-refractivity contribution in [3.05, 3.63) is 67.5 Å². The molecule has 3 rings (SSSR count). The summed E-state index contributed by atoms with van der Waals surface area (Å²) in [6.07, 6.45) is 0. The normalized spacial score (nSPS) is 11.9. The molecule has 27 heavy (non-hydrogen) atoms. The Bertz CT molecular complexity index is 1100. The number of hydrogen-bond acceptors (Lipinski definition) is 5. The fraction of sp³-hybridized carbons (Fsp3) is 0.222. The molecule has 0 radical (unpaired) electrons. The number of fused-ring (bicyclic) bond motifs is 1. The second-order valence-electron chi connectivity index (χ2n) is 5.74. The van der Waals surface area contributed by atoms with E-state index in [0.29, 0.717) is 23.0 Å². The molecular weight excluding hydrogens is 390 g/mol. The van der Waals surface area contributed by atoms with Crippen LogP contribution in [0.3, 0.4) is 0 Å². The van der Waals surface area contributed by atoms with E-state index >= 15 is 0 Å². The Kier molecular flexibility index (Phi) is 5.69. The molecule has 0 N–H and O–H groups in total. The van der Waals surface area contributed by atoms with Crippen LogP contribution in [0.2, 0.25) is 5.02 Å². The van der Waals surface area contributed by atoms with Gasteiger partial charge >= 0.3 is 0 Å². The molecule has 1 heterocycles. The number of nitro groups is 1. The molecule has 140 valence electrons. The number of rotatable bonds is 5. The lowest BCUT2D eigenvalue weighted by atomic mass is 10.2. The number of benzene rings is 2. The van der Waals surface area contributed by atoms with E-state index in [-0.39, 0.29) is 11.3 Å². The predicted molar refractivity (Wildman–Crippen MR) is 104 cm³/mol. The van der Waals surface area contributed by atoms with Gasteiger partial charge in [0.1, 0.15) is 5.56 Å². The second-order valence-corrected chi connectivity index (χ2v) is 7.16. The summed E-state index contributed by atoms with van der Waals surface area (Å²) in [6, 6.07) is 9.44. The van der Waals surface area contributed by atoms with Crippen molar-refractivity contribution in [1.82, 2.24) is 4.57 Å².